The number of Topliss-reactive ketones (excluding diaryl/α,β-unsaturated/α-hetero) is 1. The van der Waals surface area contributed by atoms with Gasteiger partial charge in [-0.2, -0.15) is 0 Å². The Morgan fingerprint density at radius 1 is 1.44 bits per heavy atom. The molecule has 1 saturated carbocycles. The van der Waals surface area contributed by atoms with Gasteiger partial charge in [0.15, 0.2) is 5.78 Å². The van der Waals surface area contributed by atoms with Gasteiger partial charge in [0.1, 0.15) is 0 Å². The molecule has 1 aromatic heterocycles. The fourth-order valence-corrected chi connectivity index (χ4v) is 2.30. The van der Waals surface area contributed by atoms with Gasteiger partial charge in [-0.25, -0.2) is 0 Å². The van der Waals surface area contributed by atoms with E-state index in [2.05, 4.69) is 0 Å². The zero-order chi connectivity index (χ0) is 11.3. The van der Waals surface area contributed by atoms with Gasteiger partial charge < -0.3 is 4.57 Å². The smallest absolute Gasteiger partial charge is 0.168 e. The second-order valence-electron chi connectivity index (χ2n) is 4.45. The van der Waals surface area contributed by atoms with Gasteiger partial charge in [0.05, 0.1) is 0 Å². The van der Waals surface area contributed by atoms with Crippen LogP contribution in [0.25, 0.3) is 10.9 Å². The van der Waals surface area contributed by atoms with Crippen LogP contribution in [0, 0.1) is 5.92 Å². The summed E-state index contributed by atoms with van der Waals surface area (Å²) in [6, 6.07) is 5.70. The molecule has 0 spiro atoms. The number of nitrogens with zero attached hydrogens (tertiary/aromatic N) is 1. The minimum Gasteiger partial charge on any atom is -0.350 e. The summed E-state index contributed by atoms with van der Waals surface area (Å²) in [6.07, 6.45) is 3.99. The van der Waals surface area contributed by atoms with Gasteiger partial charge in [0, 0.05) is 40.7 Å². The number of fused-ring (bicyclic) bond motifs is 1. The molecule has 0 saturated heterocycles. The van der Waals surface area contributed by atoms with Crippen molar-refractivity contribution in [2.45, 2.75) is 12.8 Å². The van der Waals surface area contributed by atoms with Crippen LogP contribution in [0.15, 0.2) is 24.4 Å². The number of carbonyl (C=O) groups is 1. The molecular formula is C13H12ClNO. The highest BCUT2D eigenvalue weighted by Gasteiger charge is 2.32. The third-order valence-electron chi connectivity index (χ3n) is 3.17. The van der Waals surface area contributed by atoms with Crippen molar-refractivity contribution in [1.82, 2.24) is 4.57 Å². The third kappa shape index (κ3) is 1.45. The molecule has 2 aromatic rings. The molecule has 0 aliphatic heterocycles. The Balaban J connectivity index is 2.23. The highest BCUT2D eigenvalue weighted by atomic mass is 35.5. The van der Waals surface area contributed by atoms with Gasteiger partial charge in [-0.1, -0.05) is 11.6 Å². The Hall–Kier alpha value is -1.28. The first-order valence-corrected chi connectivity index (χ1v) is 5.83. The SMILES string of the molecule is Cn1cc(C(=O)C2CC2)c2cc(Cl)ccc21. The van der Waals surface area contributed by atoms with Crippen LogP contribution < -0.4 is 0 Å². The highest BCUT2D eigenvalue weighted by molar-refractivity contribution is 6.31. The summed E-state index contributed by atoms with van der Waals surface area (Å²) >= 11 is 5.98. The van der Waals surface area contributed by atoms with Gasteiger partial charge in [0.2, 0.25) is 0 Å². The van der Waals surface area contributed by atoms with E-state index in [-0.39, 0.29) is 11.7 Å². The number of carbonyl (C=O) groups excluding carboxylic acids is 1. The molecule has 0 unspecified atom stereocenters. The van der Waals surface area contributed by atoms with Crippen LogP contribution in [0.2, 0.25) is 5.02 Å². The lowest BCUT2D eigenvalue weighted by atomic mass is 10.1. The number of aromatic nitrogens is 1. The van der Waals surface area contributed by atoms with Crippen LogP contribution in [0.1, 0.15) is 23.2 Å². The molecule has 1 aliphatic carbocycles. The topological polar surface area (TPSA) is 22.0 Å². The molecule has 2 nitrogen and oxygen atoms in total. The minimum absolute atomic E-state index is 0.254. The molecule has 3 rings (SSSR count). The predicted molar refractivity (Wildman–Crippen MR) is 65.0 cm³/mol. The maximum atomic E-state index is 12.1. The maximum absolute atomic E-state index is 12.1. The van der Waals surface area contributed by atoms with Crippen molar-refractivity contribution in [2.24, 2.45) is 13.0 Å². The number of aryl methyl sites for hydroxylation is 1. The molecule has 0 atom stereocenters. The second kappa shape index (κ2) is 3.36. The molecule has 1 aromatic carbocycles. The van der Waals surface area contributed by atoms with E-state index < -0.39 is 0 Å². The van der Waals surface area contributed by atoms with Crippen molar-refractivity contribution >= 4 is 28.3 Å². The summed E-state index contributed by atoms with van der Waals surface area (Å²) < 4.78 is 1.99. The number of hydrogen-bond acceptors (Lipinski definition) is 1. The molecule has 1 fully saturated rings. The van der Waals surface area contributed by atoms with Crippen molar-refractivity contribution in [2.75, 3.05) is 0 Å². The summed E-state index contributed by atoms with van der Waals surface area (Å²) in [5.41, 5.74) is 1.89. The third-order valence-corrected chi connectivity index (χ3v) is 3.40. The molecule has 0 bridgehead atoms. The summed E-state index contributed by atoms with van der Waals surface area (Å²) in [4.78, 5) is 12.1. The standard InChI is InChI=1S/C13H12ClNO/c1-15-7-11(13(16)8-2-3-8)10-6-9(14)4-5-12(10)15/h4-8H,2-3H2,1H3. The van der Waals surface area contributed by atoms with Gasteiger partial charge in [-0.3, -0.25) is 4.79 Å². The molecule has 3 heteroatoms. The van der Waals surface area contributed by atoms with Gasteiger partial charge in [-0.15, -0.1) is 0 Å². The largest absolute Gasteiger partial charge is 0.350 e. The van der Waals surface area contributed by atoms with E-state index in [9.17, 15) is 4.79 Å². The lowest BCUT2D eigenvalue weighted by molar-refractivity contribution is 0.0969. The number of rotatable bonds is 2. The van der Waals surface area contributed by atoms with Crippen molar-refractivity contribution in [3.8, 4) is 0 Å². The van der Waals surface area contributed by atoms with Crippen LogP contribution in [0.5, 0.6) is 0 Å². The molecule has 0 radical (unpaired) electrons. The van der Waals surface area contributed by atoms with E-state index in [0.29, 0.717) is 5.02 Å². The minimum atomic E-state index is 0.254. The molecule has 82 valence electrons. The second-order valence-corrected chi connectivity index (χ2v) is 4.89. The van der Waals surface area contributed by atoms with Gasteiger partial charge in [-0.05, 0) is 31.0 Å². The van der Waals surface area contributed by atoms with Crippen LogP contribution in [0.4, 0.5) is 0 Å². The summed E-state index contributed by atoms with van der Waals surface area (Å²) in [5.74, 6) is 0.525. The first-order valence-electron chi connectivity index (χ1n) is 5.45. The molecular weight excluding hydrogens is 222 g/mol. The Morgan fingerprint density at radius 2 is 2.19 bits per heavy atom. The first-order chi connectivity index (χ1) is 7.66. The van der Waals surface area contributed by atoms with Gasteiger partial charge >= 0.3 is 0 Å². The molecule has 1 heterocycles. The average molecular weight is 234 g/mol. The van der Waals surface area contributed by atoms with Crippen molar-refractivity contribution < 1.29 is 4.79 Å². The van der Waals surface area contributed by atoms with E-state index in [1.165, 1.54) is 0 Å². The maximum Gasteiger partial charge on any atom is 0.168 e. The number of hydrogen-bond donors (Lipinski definition) is 0. The van der Waals surface area contributed by atoms with Crippen LogP contribution in [0.3, 0.4) is 0 Å². The zero-order valence-corrected chi connectivity index (χ0v) is 9.79. The normalized spacial score (nSPS) is 15.6. The predicted octanol–water partition coefficient (Wildman–Crippen LogP) is 3.42. The summed E-state index contributed by atoms with van der Waals surface area (Å²) in [7, 11) is 1.96. The number of benzene rings is 1. The first kappa shape index (κ1) is 9.91. The Kier molecular flexibility index (Phi) is 2.08. The molecule has 16 heavy (non-hydrogen) atoms. The van der Waals surface area contributed by atoms with E-state index in [1.807, 2.05) is 36.0 Å². The van der Waals surface area contributed by atoms with E-state index in [0.717, 1.165) is 29.3 Å². The van der Waals surface area contributed by atoms with Crippen molar-refractivity contribution in [3.63, 3.8) is 0 Å². The van der Waals surface area contributed by atoms with Crippen molar-refractivity contribution in [3.05, 3.63) is 35.0 Å². The number of halogens is 1. The summed E-state index contributed by atoms with van der Waals surface area (Å²) in [5, 5.41) is 1.66. The fourth-order valence-electron chi connectivity index (χ4n) is 2.13. The lowest BCUT2D eigenvalue weighted by Crippen LogP contribution is -1.99. The quantitative estimate of drug-likeness (QED) is 0.729. The van der Waals surface area contributed by atoms with E-state index in [1.54, 1.807) is 0 Å². The Bertz CT molecular complexity index is 581. The van der Waals surface area contributed by atoms with Crippen LogP contribution in [-0.2, 0) is 7.05 Å². The van der Waals surface area contributed by atoms with Crippen molar-refractivity contribution in [1.29, 1.82) is 0 Å². The van der Waals surface area contributed by atoms with Gasteiger partial charge in [0.25, 0.3) is 0 Å². The fraction of sp³-hybridized carbons (Fsp3) is 0.308. The van der Waals surface area contributed by atoms with E-state index in [4.69, 9.17) is 11.6 Å². The molecule has 0 amide bonds. The molecule has 0 N–H and O–H groups in total. The summed E-state index contributed by atoms with van der Waals surface area (Å²) in [6.45, 7) is 0. The van der Waals surface area contributed by atoms with E-state index >= 15 is 0 Å². The number of ketones is 1. The highest BCUT2D eigenvalue weighted by Crippen LogP contribution is 2.35. The van der Waals surface area contributed by atoms with Crippen LogP contribution >= 0.6 is 11.6 Å². The Labute approximate surface area is 98.8 Å². The molecule has 1 aliphatic rings. The lowest BCUT2D eigenvalue weighted by Gasteiger charge is -1.97. The average Bonchev–Trinajstić information content (AvgIpc) is 3.04. The van der Waals surface area contributed by atoms with Crippen LogP contribution in [-0.4, -0.2) is 10.4 Å². The Morgan fingerprint density at radius 3 is 2.88 bits per heavy atom. The monoisotopic (exact) mass is 233 g/mol. The zero-order valence-electron chi connectivity index (χ0n) is 9.03.